The molecule has 0 aromatic heterocycles. The maximum Gasteiger partial charge on any atom is 0.126 e. The van der Waals surface area contributed by atoms with E-state index in [1.165, 1.54) is 38.5 Å². The van der Waals surface area contributed by atoms with Gasteiger partial charge in [0.1, 0.15) is 5.84 Å². The molecule has 3 rings (SSSR count). The Morgan fingerprint density at radius 3 is 2.40 bits per heavy atom. The van der Waals surface area contributed by atoms with Crippen molar-refractivity contribution in [2.24, 2.45) is 11.1 Å². The van der Waals surface area contributed by atoms with Crippen molar-refractivity contribution in [1.29, 1.82) is 5.41 Å². The van der Waals surface area contributed by atoms with Crippen LogP contribution in [0, 0.1) is 10.8 Å². The summed E-state index contributed by atoms with van der Waals surface area (Å²) in [6.07, 6.45) is 8.23. The van der Waals surface area contributed by atoms with Crippen LogP contribution in [0.5, 0.6) is 0 Å². The number of anilines is 1. The second-order valence-electron chi connectivity index (χ2n) is 6.24. The van der Waals surface area contributed by atoms with Gasteiger partial charge in [-0.1, -0.05) is 18.9 Å². The average Bonchev–Trinajstić information content (AvgIpc) is 2.87. The predicted molar refractivity (Wildman–Crippen MR) is 87.5 cm³/mol. The lowest BCUT2D eigenvalue weighted by Crippen LogP contribution is -2.39. The second-order valence-corrected chi connectivity index (χ2v) is 7.10. The van der Waals surface area contributed by atoms with Crippen LogP contribution in [0.15, 0.2) is 22.7 Å². The van der Waals surface area contributed by atoms with Crippen LogP contribution >= 0.6 is 15.9 Å². The van der Waals surface area contributed by atoms with Gasteiger partial charge in [-0.3, -0.25) is 5.41 Å². The third-order valence-corrected chi connectivity index (χ3v) is 5.75. The zero-order valence-electron chi connectivity index (χ0n) is 11.8. The first-order chi connectivity index (χ1) is 9.61. The first kappa shape index (κ1) is 13.9. The largest absolute Gasteiger partial charge is 0.384 e. The molecule has 1 aliphatic heterocycles. The molecule has 1 saturated heterocycles. The van der Waals surface area contributed by atoms with Crippen molar-refractivity contribution >= 4 is 27.5 Å². The van der Waals surface area contributed by atoms with Crippen molar-refractivity contribution in [3.8, 4) is 0 Å². The Morgan fingerprint density at radius 1 is 1.15 bits per heavy atom. The number of halogens is 1. The quantitative estimate of drug-likeness (QED) is 0.636. The highest BCUT2D eigenvalue weighted by Crippen LogP contribution is 2.47. The Labute approximate surface area is 129 Å². The van der Waals surface area contributed by atoms with E-state index in [9.17, 15) is 0 Å². The zero-order valence-corrected chi connectivity index (χ0v) is 13.4. The van der Waals surface area contributed by atoms with Crippen LogP contribution < -0.4 is 10.6 Å². The Balaban J connectivity index is 1.81. The van der Waals surface area contributed by atoms with Gasteiger partial charge in [0, 0.05) is 23.2 Å². The molecule has 1 aromatic carbocycles. The van der Waals surface area contributed by atoms with E-state index in [1.54, 1.807) is 0 Å². The van der Waals surface area contributed by atoms with Crippen molar-refractivity contribution in [2.75, 3.05) is 18.0 Å². The van der Waals surface area contributed by atoms with Crippen LogP contribution in [-0.2, 0) is 0 Å². The Kier molecular flexibility index (Phi) is 3.76. The summed E-state index contributed by atoms with van der Waals surface area (Å²) >= 11 is 3.53. The molecule has 0 bridgehead atoms. The highest BCUT2D eigenvalue weighted by molar-refractivity contribution is 9.10. The summed E-state index contributed by atoms with van der Waals surface area (Å²) in [6, 6.07) is 6.09. The average molecular weight is 336 g/mol. The van der Waals surface area contributed by atoms with Crippen molar-refractivity contribution in [3.63, 3.8) is 0 Å². The van der Waals surface area contributed by atoms with Crippen LogP contribution in [0.3, 0.4) is 0 Å². The number of rotatable bonds is 2. The van der Waals surface area contributed by atoms with E-state index in [0.29, 0.717) is 5.41 Å². The lowest BCUT2D eigenvalue weighted by molar-refractivity contribution is 0.226. The molecule has 20 heavy (non-hydrogen) atoms. The molecule has 1 aromatic rings. The van der Waals surface area contributed by atoms with Crippen molar-refractivity contribution < 1.29 is 0 Å². The highest BCUT2D eigenvalue weighted by atomic mass is 79.9. The van der Waals surface area contributed by atoms with Crippen LogP contribution in [0.1, 0.15) is 44.1 Å². The van der Waals surface area contributed by atoms with Gasteiger partial charge in [-0.2, -0.15) is 0 Å². The molecule has 2 aliphatic rings. The monoisotopic (exact) mass is 335 g/mol. The zero-order chi connectivity index (χ0) is 14.2. The minimum Gasteiger partial charge on any atom is -0.384 e. The second kappa shape index (κ2) is 5.40. The number of nitrogens with zero attached hydrogens (tertiary/aromatic N) is 1. The van der Waals surface area contributed by atoms with E-state index < -0.39 is 0 Å². The minimum absolute atomic E-state index is 0.147. The number of benzene rings is 1. The molecule has 2 fully saturated rings. The number of nitrogens with one attached hydrogen (secondary N) is 1. The van der Waals surface area contributed by atoms with Gasteiger partial charge in [0.05, 0.1) is 5.56 Å². The van der Waals surface area contributed by atoms with Crippen molar-refractivity contribution in [3.05, 3.63) is 28.2 Å². The van der Waals surface area contributed by atoms with Gasteiger partial charge in [0.15, 0.2) is 0 Å². The topological polar surface area (TPSA) is 53.1 Å². The van der Waals surface area contributed by atoms with E-state index in [1.807, 2.05) is 12.1 Å². The summed E-state index contributed by atoms with van der Waals surface area (Å²) in [5.74, 6) is 0.147. The SMILES string of the molecule is N=C(N)c1c(Br)cccc1N1CCC2(CCCC2)CC1. The molecule has 0 amide bonds. The van der Waals surface area contributed by atoms with Crippen molar-refractivity contribution in [2.45, 2.75) is 38.5 Å². The van der Waals surface area contributed by atoms with Crippen LogP contribution in [0.4, 0.5) is 5.69 Å². The van der Waals surface area contributed by atoms with Gasteiger partial charge in [-0.15, -0.1) is 0 Å². The maximum atomic E-state index is 7.82. The summed E-state index contributed by atoms with van der Waals surface area (Å²) in [5.41, 5.74) is 8.34. The molecule has 4 heteroatoms. The highest BCUT2D eigenvalue weighted by Gasteiger charge is 2.37. The molecular weight excluding hydrogens is 314 g/mol. The number of amidine groups is 1. The molecule has 1 heterocycles. The third-order valence-electron chi connectivity index (χ3n) is 5.09. The number of hydrogen-bond donors (Lipinski definition) is 2. The standard InChI is InChI=1S/C16H22BrN3/c17-12-4-3-5-13(14(12)15(18)19)20-10-8-16(9-11-20)6-1-2-7-16/h3-5H,1-2,6-11H2,(H3,18,19). The number of nitrogen functional groups attached to an aromatic ring is 1. The fraction of sp³-hybridized carbons (Fsp3) is 0.562. The summed E-state index contributed by atoms with van der Waals surface area (Å²) in [4.78, 5) is 2.41. The van der Waals surface area contributed by atoms with Crippen LogP contribution in [0.25, 0.3) is 0 Å². The maximum absolute atomic E-state index is 7.82. The molecule has 1 spiro atoms. The molecule has 3 N–H and O–H groups in total. The van der Waals surface area contributed by atoms with E-state index in [-0.39, 0.29) is 5.84 Å². The van der Waals surface area contributed by atoms with Gasteiger partial charge in [0.25, 0.3) is 0 Å². The third kappa shape index (κ3) is 2.46. The number of nitrogens with two attached hydrogens (primary N) is 1. The van der Waals surface area contributed by atoms with Crippen molar-refractivity contribution in [1.82, 2.24) is 0 Å². The molecule has 0 unspecified atom stereocenters. The lowest BCUT2D eigenvalue weighted by atomic mass is 9.77. The molecule has 108 valence electrons. The van der Waals surface area contributed by atoms with E-state index in [0.717, 1.165) is 28.8 Å². The van der Waals surface area contributed by atoms with E-state index in [4.69, 9.17) is 11.1 Å². The van der Waals surface area contributed by atoms with Gasteiger partial charge in [-0.25, -0.2) is 0 Å². The predicted octanol–water partition coefficient (Wildman–Crippen LogP) is 3.89. The van der Waals surface area contributed by atoms with Gasteiger partial charge < -0.3 is 10.6 Å². The number of piperidine rings is 1. The smallest absolute Gasteiger partial charge is 0.126 e. The fourth-order valence-corrected chi connectivity index (χ4v) is 4.46. The first-order valence-electron chi connectivity index (χ1n) is 7.49. The van der Waals surface area contributed by atoms with Crippen LogP contribution in [0.2, 0.25) is 0 Å². The molecule has 3 nitrogen and oxygen atoms in total. The molecule has 0 atom stereocenters. The summed E-state index contributed by atoms with van der Waals surface area (Å²) < 4.78 is 0.920. The Morgan fingerprint density at radius 2 is 1.80 bits per heavy atom. The Bertz CT molecular complexity index is 510. The summed E-state index contributed by atoms with van der Waals surface area (Å²) in [6.45, 7) is 2.19. The first-order valence-corrected chi connectivity index (χ1v) is 8.28. The summed E-state index contributed by atoms with van der Waals surface area (Å²) in [5, 5.41) is 7.82. The van der Waals surface area contributed by atoms with Crippen LogP contribution in [-0.4, -0.2) is 18.9 Å². The van der Waals surface area contributed by atoms with E-state index >= 15 is 0 Å². The lowest BCUT2D eigenvalue weighted by Gasteiger charge is -2.41. The Hall–Kier alpha value is -1.03. The van der Waals surface area contributed by atoms with Gasteiger partial charge in [0.2, 0.25) is 0 Å². The minimum atomic E-state index is 0.147. The fourth-order valence-electron chi connectivity index (χ4n) is 3.89. The normalized spacial score (nSPS) is 21.4. The van der Waals surface area contributed by atoms with E-state index in [2.05, 4.69) is 26.9 Å². The molecule has 1 saturated carbocycles. The summed E-state index contributed by atoms with van der Waals surface area (Å²) in [7, 11) is 0. The molecule has 1 aliphatic carbocycles. The molecular formula is C16H22BrN3. The van der Waals surface area contributed by atoms with Gasteiger partial charge in [-0.05, 0) is 59.2 Å². The van der Waals surface area contributed by atoms with Gasteiger partial charge >= 0.3 is 0 Å². The molecule has 0 radical (unpaired) electrons. The number of hydrogen-bond acceptors (Lipinski definition) is 2.